The van der Waals surface area contributed by atoms with Crippen LogP contribution in [0.5, 0.6) is 11.5 Å². The number of likely N-dealkylation sites (tertiary alicyclic amines) is 1. The van der Waals surface area contributed by atoms with Gasteiger partial charge in [0.15, 0.2) is 17.6 Å². The Morgan fingerprint density at radius 1 is 0.700 bits per heavy atom. The van der Waals surface area contributed by atoms with Crippen LogP contribution >= 0.6 is 0 Å². The highest BCUT2D eigenvalue weighted by molar-refractivity contribution is 5.92. The van der Waals surface area contributed by atoms with Crippen LogP contribution in [0.25, 0.3) is 0 Å². The number of piperidine rings is 1. The molecule has 4 aliphatic rings. The number of phenols is 1. The van der Waals surface area contributed by atoms with E-state index in [1.54, 1.807) is 110 Å². The third kappa shape index (κ3) is 13.7. The highest BCUT2D eigenvalue weighted by atomic mass is 16.7. The van der Waals surface area contributed by atoms with E-state index in [0.717, 1.165) is 5.56 Å². The monoisotopic (exact) mass is 1110 g/mol. The number of phenolic OH excluding ortho intramolecular Hbond substituents is 1. The zero-order valence-electron chi connectivity index (χ0n) is 47.1. The van der Waals surface area contributed by atoms with Crippen LogP contribution in [0.3, 0.4) is 0 Å². The predicted octanol–water partition coefficient (Wildman–Crippen LogP) is 7.30. The zero-order valence-corrected chi connectivity index (χ0v) is 47.1. The molecule has 2 amide bonds. The van der Waals surface area contributed by atoms with Crippen LogP contribution in [-0.4, -0.2) is 126 Å². The van der Waals surface area contributed by atoms with E-state index in [0.29, 0.717) is 18.5 Å². The summed E-state index contributed by atoms with van der Waals surface area (Å²) in [6.45, 7) is 17.2. The molecule has 0 aromatic heterocycles. The smallest absolute Gasteiger partial charge is 0.504 e. The molecular weight excluding hydrogens is 1040 g/mol. The Morgan fingerprint density at radius 3 is 1.66 bits per heavy atom. The van der Waals surface area contributed by atoms with Gasteiger partial charge in [-0.3, -0.25) is 24.1 Å². The highest BCUT2D eigenvalue weighted by Gasteiger charge is 2.74. The van der Waals surface area contributed by atoms with Crippen LogP contribution in [-0.2, 0) is 78.5 Å². The molecular formula is C59H73N3O18. The number of carbonyl (C=O) groups is 8. The summed E-state index contributed by atoms with van der Waals surface area (Å²) in [6, 6.07) is 15.4. The summed E-state index contributed by atoms with van der Waals surface area (Å²) in [4.78, 5) is 113. The summed E-state index contributed by atoms with van der Waals surface area (Å²) in [7, 11) is 1.87. The van der Waals surface area contributed by atoms with E-state index in [2.05, 4.69) is 10.6 Å². The number of esters is 4. The fourth-order valence-corrected chi connectivity index (χ4v) is 10.5. The first kappa shape index (κ1) is 60.0. The predicted molar refractivity (Wildman–Crippen MR) is 284 cm³/mol. The maximum Gasteiger partial charge on any atom is 0.509 e. The molecule has 80 heavy (non-hydrogen) atoms. The van der Waals surface area contributed by atoms with E-state index in [-0.39, 0.29) is 66.3 Å². The molecule has 2 aliphatic carbocycles. The van der Waals surface area contributed by atoms with Crippen molar-refractivity contribution in [2.24, 2.45) is 11.8 Å². The first-order valence-electron chi connectivity index (χ1n) is 26.8. The maximum absolute atomic E-state index is 14.9. The van der Waals surface area contributed by atoms with Gasteiger partial charge in [-0.1, -0.05) is 94.4 Å². The third-order valence-electron chi connectivity index (χ3n) is 13.8. The maximum atomic E-state index is 14.9. The number of hydrogen-bond donors (Lipinski definition) is 3. The summed E-state index contributed by atoms with van der Waals surface area (Å²) in [6.07, 6.45) is -6.37. The van der Waals surface area contributed by atoms with Gasteiger partial charge in [0.05, 0.1) is 37.5 Å². The molecule has 1 saturated heterocycles. The third-order valence-corrected chi connectivity index (χ3v) is 13.8. The minimum atomic E-state index is -1.67. The van der Waals surface area contributed by atoms with Crippen molar-refractivity contribution < 1.29 is 86.1 Å². The zero-order chi connectivity index (χ0) is 58.5. The molecule has 432 valence electrons. The van der Waals surface area contributed by atoms with Crippen molar-refractivity contribution >= 4 is 48.0 Å². The lowest BCUT2D eigenvalue weighted by molar-refractivity contribution is -0.207. The fraction of sp³-hybridized carbons (Fsp3) is 0.525. The second-order valence-corrected chi connectivity index (χ2v) is 23.3. The van der Waals surface area contributed by atoms with Crippen molar-refractivity contribution in [1.29, 1.82) is 0 Å². The summed E-state index contributed by atoms with van der Waals surface area (Å²) >= 11 is 0. The summed E-state index contributed by atoms with van der Waals surface area (Å²) in [5.41, 5.74) is -3.06. The summed E-state index contributed by atoms with van der Waals surface area (Å²) in [5, 5.41) is 16.6. The number of aromatic hydroxyl groups is 1. The number of nitrogens with one attached hydrogen (secondary N) is 2. The van der Waals surface area contributed by atoms with Gasteiger partial charge in [0.25, 0.3) is 11.8 Å². The van der Waals surface area contributed by atoms with Gasteiger partial charge >= 0.3 is 36.2 Å². The Kier molecular flexibility index (Phi) is 18.3. The standard InChI is InChI=1S/C59H73N3O18/c1-33(2)31-72-52(68)38(60-50(66)46(35-18-14-12-15-19-35)76-54(70)79-56(5,6)7)29-43(64)74-41-24-25-59(42-28-37-22-23-40(63)48-45(37)58(59,49(41)75-48)26-27-62(42)11)78-44(65)30-39(53(69)73-32-34(3)4)61-51(67)47(36-20-16-13-17-21-36)77-55(71)80-57(8,9)10/h12-24,33-34,38-39,42,46-47,49,63H,25-32H2,1-11H3,(H,60,66)(H,61,67)/t38-,39-,42+,46-,47-,49-,58-,59+/m0/s1. The lowest BCUT2D eigenvalue weighted by Crippen LogP contribution is -2.75. The molecule has 0 radical (unpaired) electrons. The number of carbonyl (C=O) groups excluding carboxylic acids is 8. The van der Waals surface area contributed by atoms with Crippen LogP contribution in [0.1, 0.15) is 129 Å². The summed E-state index contributed by atoms with van der Waals surface area (Å²) < 4.78 is 52.4. The Bertz CT molecular complexity index is 2840. The van der Waals surface area contributed by atoms with Crippen molar-refractivity contribution in [1.82, 2.24) is 15.5 Å². The molecule has 8 atom stereocenters. The van der Waals surface area contributed by atoms with Crippen molar-refractivity contribution in [3.05, 3.63) is 107 Å². The van der Waals surface area contributed by atoms with E-state index >= 15 is 0 Å². The molecule has 3 N–H and O–H groups in total. The Hall–Kier alpha value is -7.68. The molecule has 1 fully saturated rings. The van der Waals surface area contributed by atoms with Crippen LogP contribution in [0.2, 0.25) is 0 Å². The van der Waals surface area contributed by atoms with Gasteiger partial charge < -0.3 is 58.4 Å². The van der Waals surface area contributed by atoms with E-state index in [1.807, 2.05) is 25.8 Å². The molecule has 1 spiro atoms. The van der Waals surface area contributed by atoms with Crippen LogP contribution in [0, 0.1) is 11.8 Å². The minimum Gasteiger partial charge on any atom is -0.504 e. The molecule has 3 aromatic rings. The van der Waals surface area contributed by atoms with Crippen molar-refractivity contribution in [3.63, 3.8) is 0 Å². The summed E-state index contributed by atoms with van der Waals surface area (Å²) in [5.74, 6) is -6.27. The first-order valence-corrected chi connectivity index (χ1v) is 26.8. The Balaban J connectivity index is 1.20. The topological polar surface area (TPSA) is 267 Å². The SMILES string of the molecule is CC(C)COC(=O)[C@H](CC(=O)OC1=CC[C@@]2(OC(=O)C[C@H](NC(=O)[C@@H](OC(=O)OC(C)(C)C)c3ccccc3)C(=O)OCC(C)C)[C@H]3Cc4ccc(O)c5c4[C@@]2(CCN3C)[C@H]1O5)NC(=O)[C@@H](OC(=O)OC(C)(C)C)c1ccccc1. The van der Waals surface area contributed by atoms with Gasteiger partial charge in [0.2, 0.25) is 12.2 Å². The molecule has 0 unspecified atom stereocenters. The number of amides is 2. The molecule has 21 heteroatoms. The largest absolute Gasteiger partial charge is 0.509 e. The van der Waals surface area contributed by atoms with E-state index in [1.165, 1.54) is 24.3 Å². The van der Waals surface area contributed by atoms with Gasteiger partial charge in [0.1, 0.15) is 34.6 Å². The molecule has 7 rings (SSSR count). The Labute approximate surface area is 465 Å². The van der Waals surface area contributed by atoms with Crippen LogP contribution in [0.4, 0.5) is 9.59 Å². The second-order valence-electron chi connectivity index (χ2n) is 23.3. The van der Waals surface area contributed by atoms with Gasteiger partial charge in [-0.15, -0.1) is 0 Å². The van der Waals surface area contributed by atoms with Crippen molar-refractivity contribution in [3.8, 4) is 11.5 Å². The number of benzene rings is 3. The number of nitrogens with zero attached hydrogens (tertiary/aromatic N) is 1. The van der Waals surface area contributed by atoms with Crippen LogP contribution in [0.15, 0.2) is 84.6 Å². The van der Waals surface area contributed by atoms with Gasteiger partial charge in [-0.05, 0) is 97.5 Å². The molecule has 2 bridgehead atoms. The lowest BCUT2D eigenvalue weighted by atomic mass is 9.50. The molecule has 0 saturated carbocycles. The number of ether oxygens (including phenoxy) is 9. The molecule has 2 aliphatic heterocycles. The fourth-order valence-electron chi connectivity index (χ4n) is 10.5. The van der Waals surface area contributed by atoms with Gasteiger partial charge in [-0.25, -0.2) is 19.2 Å². The second kappa shape index (κ2) is 24.4. The van der Waals surface area contributed by atoms with Gasteiger partial charge in [0, 0.05) is 23.1 Å². The lowest BCUT2D eigenvalue weighted by Gasteiger charge is -2.62. The number of hydrogen-bond acceptors (Lipinski definition) is 19. The van der Waals surface area contributed by atoms with E-state index in [4.69, 9.17) is 42.6 Å². The molecule has 2 heterocycles. The average Bonchev–Trinajstić information content (AvgIpc) is 3.98. The normalized spacial score (nSPS) is 21.4. The molecule has 3 aromatic carbocycles. The van der Waals surface area contributed by atoms with Crippen molar-refractivity contribution in [2.45, 2.75) is 160 Å². The quantitative estimate of drug-likeness (QED) is 0.0740. The van der Waals surface area contributed by atoms with Crippen LogP contribution < -0.4 is 15.4 Å². The number of likely N-dealkylation sites (N-methyl/N-ethyl adjacent to an activating group) is 1. The highest BCUT2D eigenvalue weighted by Crippen LogP contribution is 2.66. The number of rotatable bonds is 20. The van der Waals surface area contributed by atoms with E-state index < -0.39 is 119 Å². The first-order chi connectivity index (χ1) is 37.6. The minimum absolute atomic E-state index is 0.0381. The van der Waals surface area contributed by atoms with E-state index in [9.17, 15) is 43.5 Å². The van der Waals surface area contributed by atoms with Gasteiger partial charge in [-0.2, -0.15) is 0 Å². The molecule has 21 nitrogen and oxygen atoms in total. The Morgan fingerprint density at radius 2 is 1.19 bits per heavy atom. The van der Waals surface area contributed by atoms with Crippen molar-refractivity contribution in [2.75, 3.05) is 26.8 Å². The average molecular weight is 1110 g/mol.